The summed E-state index contributed by atoms with van der Waals surface area (Å²) in [6.07, 6.45) is 1.33. The van der Waals surface area contributed by atoms with Crippen molar-refractivity contribution in [1.82, 2.24) is 5.32 Å². The second kappa shape index (κ2) is 5.19. The minimum absolute atomic E-state index is 0.0529. The predicted molar refractivity (Wildman–Crippen MR) is 64.1 cm³/mol. The Morgan fingerprint density at radius 1 is 1.47 bits per heavy atom. The standard InChI is InChI=1S/C13H17NO3/c1-16-10-3-4-11-9(7-10)5-6-14-12(11)8-13(15)17-2/h3-4,7,12,14H,5-6,8H2,1-2H3. The van der Waals surface area contributed by atoms with Crippen LogP contribution in [0.4, 0.5) is 0 Å². The average Bonchev–Trinajstić information content (AvgIpc) is 2.38. The number of hydrogen-bond acceptors (Lipinski definition) is 4. The molecule has 0 spiro atoms. The summed E-state index contributed by atoms with van der Waals surface area (Å²) in [5.74, 6) is 0.675. The first-order valence-electron chi connectivity index (χ1n) is 5.71. The van der Waals surface area contributed by atoms with Gasteiger partial charge in [0, 0.05) is 6.04 Å². The molecule has 92 valence electrons. The second-order valence-electron chi connectivity index (χ2n) is 4.10. The zero-order chi connectivity index (χ0) is 12.3. The van der Waals surface area contributed by atoms with Crippen LogP contribution in [0.15, 0.2) is 18.2 Å². The normalized spacial score (nSPS) is 18.4. The lowest BCUT2D eigenvalue weighted by Gasteiger charge is -2.26. The number of benzene rings is 1. The highest BCUT2D eigenvalue weighted by molar-refractivity contribution is 5.70. The van der Waals surface area contributed by atoms with Gasteiger partial charge in [-0.25, -0.2) is 0 Å². The Balaban J connectivity index is 2.22. The molecule has 0 aromatic heterocycles. The highest BCUT2D eigenvalue weighted by Crippen LogP contribution is 2.28. The number of carbonyl (C=O) groups excluding carboxylic acids is 1. The van der Waals surface area contributed by atoms with Gasteiger partial charge < -0.3 is 14.8 Å². The summed E-state index contributed by atoms with van der Waals surface area (Å²) in [4.78, 5) is 11.3. The van der Waals surface area contributed by atoms with E-state index in [0.717, 1.165) is 18.7 Å². The first kappa shape index (κ1) is 11.9. The molecule has 1 aromatic carbocycles. The molecule has 1 aliphatic heterocycles. The quantitative estimate of drug-likeness (QED) is 0.805. The van der Waals surface area contributed by atoms with Gasteiger partial charge in [0.25, 0.3) is 0 Å². The van der Waals surface area contributed by atoms with E-state index < -0.39 is 0 Å². The first-order valence-corrected chi connectivity index (χ1v) is 5.71. The minimum atomic E-state index is -0.189. The lowest BCUT2D eigenvalue weighted by atomic mass is 9.92. The Bertz CT molecular complexity index is 417. The zero-order valence-electron chi connectivity index (χ0n) is 10.2. The van der Waals surface area contributed by atoms with Crippen LogP contribution in [0.5, 0.6) is 5.75 Å². The van der Waals surface area contributed by atoms with Crippen molar-refractivity contribution in [2.75, 3.05) is 20.8 Å². The summed E-state index contributed by atoms with van der Waals surface area (Å²) in [5, 5.41) is 3.34. The molecule has 1 N–H and O–H groups in total. The number of nitrogens with one attached hydrogen (secondary N) is 1. The summed E-state index contributed by atoms with van der Waals surface area (Å²) in [5.41, 5.74) is 2.42. The maximum atomic E-state index is 11.3. The Kier molecular flexibility index (Phi) is 3.64. The highest BCUT2D eigenvalue weighted by Gasteiger charge is 2.22. The van der Waals surface area contributed by atoms with Crippen LogP contribution in [-0.2, 0) is 16.0 Å². The Morgan fingerprint density at radius 2 is 2.29 bits per heavy atom. The smallest absolute Gasteiger partial charge is 0.307 e. The van der Waals surface area contributed by atoms with Gasteiger partial charge in [0.2, 0.25) is 0 Å². The predicted octanol–water partition coefficient (Wildman–Crippen LogP) is 1.45. The van der Waals surface area contributed by atoms with Crippen molar-refractivity contribution in [3.05, 3.63) is 29.3 Å². The van der Waals surface area contributed by atoms with Crippen LogP contribution >= 0.6 is 0 Å². The third-order valence-corrected chi connectivity index (χ3v) is 3.11. The van der Waals surface area contributed by atoms with Gasteiger partial charge in [0.15, 0.2) is 0 Å². The van der Waals surface area contributed by atoms with Crippen molar-refractivity contribution in [2.45, 2.75) is 18.9 Å². The molecule has 0 saturated heterocycles. The fourth-order valence-electron chi connectivity index (χ4n) is 2.19. The lowest BCUT2D eigenvalue weighted by molar-refractivity contribution is -0.141. The van der Waals surface area contributed by atoms with Crippen LogP contribution in [0.1, 0.15) is 23.6 Å². The average molecular weight is 235 g/mol. The van der Waals surface area contributed by atoms with Crippen molar-refractivity contribution < 1.29 is 14.3 Å². The monoisotopic (exact) mass is 235 g/mol. The minimum Gasteiger partial charge on any atom is -0.497 e. The molecule has 0 radical (unpaired) electrons. The molecule has 0 saturated carbocycles. The molecule has 17 heavy (non-hydrogen) atoms. The Labute approximate surface area is 101 Å². The summed E-state index contributed by atoms with van der Waals surface area (Å²) < 4.78 is 9.91. The van der Waals surface area contributed by atoms with E-state index in [-0.39, 0.29) is 12.0 Å². The van der Waals surface area contributed by atoms with Crippen molar-refractivity contribution in [3.8, 4) is 5.75 Å². The Hall–Kier alpha value is -1.55. The van der Waals surface area contributed by atoms with E-state index in [2.05, 4.69) is 5.32 Å². The number of fused-ring (bicyclic) bond motifs is 1. The molecule has 1 atom stereocenters. The SMILES string of the molecule is COC(=O)CC1NCCc2cc(OC)ccc21. The fraction of sp³-hybridized carbons (Fsp3) is 0.462. The number of esters is 1. The molecule has 1 heterocycles. The van der Waals surface area contributed by atoms with Gasteiger partial charge in [-0.2, -0.15) is 0 Å². The Morgan fingerprint density at radius 3 is 3.00 bits per heavy atom. The third-order valence-electron chi connectivity index (χ3n) is 3.11. The van der Waals surface area contributed by atoms with E-state index >= 15 is 0 Å². The number of hydrogen-bond donors (Lipinski definition) is 1. The van der Waals surface area contributed by atoms with Gasteiger partial charge >= 0.3 is 5.97 Å². The molecule has 0 aliphatic carbocycles. The molecule has 1 unspecified atom stereocenters. The number of carbonyl (C=O) groups is 1. The van der Waals surface area contributed by atoms with E-state index in [9.17, 15) is 4.79 Å². The van der Waals surface area contributed by atoms with E-state index in [1.54, 1.807) is 7.11 Å². The molecular formula is C13H17NO3. The summed E-state index contributed by atoms with van der Waals surface area (Å²) in [6, 6.07) is 6.04. The number of ether oxygens (including phenoxy) is 2. The summed E-state index contributed by atoms with van der Waals surface area (Å²) in [7, 11) is 3.08. The van der Waals surface area contributed by atoms with Crippen LogP contribution < -0.4 is 10.1 Å². The van der Waals surface area contributed by atoms with Crippen LogP contribution in [0.2, 0.25) is 0 Å². The van der Waals surface area contributed by atoms with Crippen LogP contribution in [0, 0.1) is 0 Å². The van der Waals surface area contributed by atoms with Crippen LogP contribution in [0.25, 0.3) is 0 Å². The molecule has 4 nitrogen and oxygen atoms in total. The largest absolute Gasteiger partial charge is 0.497 e. The van der Waals surface area contributed by atoms with Crippen molar-refractivity contribution in [3.63, 3.8) is 0 Å². The molecule has 4 heteroatoms. The molecule has 0 amide bonds. The molecule has 1 aliphatic rings. The fourth-order valence-corrected chi connectivity index (χ4v) is 2.19. The number of methoxy groups -OCH3 is 2. The lowest BCUT2D eigenvalue weighted by Crippen LogP contribution is -2.31. The van der Waals surface area contributed by atoms with Gasteiger partial charge in [0.1, 0.15) is 5.75 Å². The van der Waals surface area contributed by atoms with E-state index in [1.807, 2.05) is 18.2 Å². The number of rotatable bonds is 3. The third kappa shape index (κ3) is 2.58. The van der Waals surface area contributed by atoms with Gasteiger partial charge in [-0.3, -0.25) is 4.79 Å². The maximum Gasteiger partial charge on any atom is 0.307 e. The topological polar surface area (TPSA) is 47.6 Å². The van der Waals surface area contributed by atoms with E-state index in [4.69, 9.17) is 9.47 Å². The van der Waals surface area contributed by atoms with Gasteiger partial charge in [-0.05, 0) is 36.2 Å². The highest BCUT2D eigenvalue weighted by atomic mass is 16.5. The molecule has 2 rings (SSSR count). The van der Waals surface area contributed by atoms with Crippen molar-refractivity contribution in [1.29, 1.82) is 0 Å². The van der Waals surface area contributed by atoms with E-state index in [1.165, 1.54) is 18.2 Å². The van der Waals surface area contributed by atoms with Crippen LogP contribution in [-0.4, -0.2) is 26.7 Å². The first-order chi connectivity index (χ1) is 8.24. The van der Waals surface area contributed by atoms with E-state index in [0.29, 0.717) is 6.42 Å². The summed E-state index contributed by atoms with van der Waals surface area (Å²) >= 11 is 0. The van der Waals surface area contributed by atoms with Crippen molar-refractivity contribution in [2.24, 2.45) is 0 Å². The van der Waals surface area contributed by atoms with Crippen LogP contribution in [0.3, 0.4) is 0 Å². The second-order valence-corrected chi connectivity index (χ2v) is 4.10. The zero-order valence-corrected chi connectivity index (χ0v) is 10.2. The van der Waals surface area contributed by atoms with Crippen molar-refractivity contribution >= 4 is 5.97 Å². The molecule has 0 bridgehead atoms. The molecular weight excluding hydrogens is 218 g/mol. The molecule has 0 fully saturated rings. The van der Waals surface area contributed by atoms with Gasteiger partial charge in [0.05, 0.1) is 20.6 Å². The van der Waals surface area contributed by atoms with Gasteiger partial charge in [-0.1, -0.05) is 6.07 Å². The summed E-state index contributed by atoms with van der Waals surface area (Å²) in [6.45, 7) is 0.877. The maximum absolute atomic E-state index is 11.3. The van der Waals surface area contributed by atoms with Gasteiger partial charge in [-0.15, -0.1) is 0 Å². The molecule has 1 aromatic rings.